The first-order valence-corrected chi connectivity index (χ1v) is 8.02. The van der Waals surface area contributed by atoms with Gasteiger partial charge in [0.25, 0.3) is 11.1 Å². The molecule has 2 amide bonds. The van der Waals surface area contributed by atoms with Crippen LogP contribution in [0.25, 0.3) is 6.08 Å². The minimum Gasteiger partial charge on any atom is -0.467 e. The summed E-state index contributed by atoms with van der Waals surface area (Å²) in [4.78, 5) is 37.6. The van der Waals surface area contributed by atoms with E-state index in [9.17, 15) is 14.4 Å². The largest absolute Gasteiger partial charge is 0.467 e. The Labute approximate surface area is 132 Å². The van der Waals surface area contributed by atoms with Crippen molar-refractivity contribution in [2.24, 2.45) is 0 Å². The Morgan fingerprint density at radius 2 is 2.20 bits per heavy atom. The summed E-state index contributed by atoms with van der Waals surface area (Å²) >= 11 is 5.60. The molecule has 0 N–H and O–H groups in total. The summed E-state index contributed by atoms with van der Waals surface area (Å²) in [5, 5.41) is 1.42. The van der Waals surface area contributed by atoms with Gasteiger partial charge in [0.05, 0.1) is 12.0 Å². The second-order valence-corrected chi connectivity index (χ2v) is 6.77. The van der Waals surface area contributed by atoms with E-state index in [1.54, 1.807) is 6.08 Å². The van der Waals surface area contributed by atoms with Crippen LogP contribution in [0, 0.1) is 0 Å². The van der Waals surface area contributed by atoms with Gasteiger partial charge >= 0.3 is 5.97 Å². The molecule has 1 saturated heterocycles. The lowest BCUT2D eigenvalue weighted by atomic mass is 10.3. The molecule has 1 atom stereocenters. The number of thiophene rings is 1. The molecule has 1 aliphatic heterocycles. The van der Waals surface area contributed by atoms with E-state index < -0.39 is 23.2 Å². The summed E-state index contributed by atoms with van der Waals surface area (Å²) in [6.07, 6.45) is 1.64. The third kappa shape index (κ3) is 2.97. The molecule has 1 aromatic rings. The Balaban J connectivity index is 2.25. The van der Waals surface area contributed by atoms with Crippen LogP contribution in [-0.2, 0) is 14.3 Å². The monoisotopic (exact) mass is 375 g/mol. The quantitative estimate of drug-likeness (QED) is 0.599. The van der Waals surface area contributed by atoms with E-state index in [-0.39, 0.29) is 0 Å². The molecule has 0 radical (unpaired) electrons. The highest BCUT2D eigenvalue weighted by molar-refractivity contribution is 9.10. The van der Waals surface area contributed by atoms with Crippen molar-refractivity contribution >= 4 is 62.2 Å². The van der Waals surface area contributed by atoms with Crippen molar-refractivity contribution in [3.63, 3.8) is 0 Å². The summed E-state index contributed by atoms with van der Waals surface area (Å²) < 4.78 is 5.47. The summed E-state index contributed by atoms with van der Waals surface area (Å²) in [5.74, 6) is -1.09. The molecule has 2 rings (SSSR count). The molecule has 1 aliphatic rings. The van der Waals surface area contributed by atoms with Gasteiger partial charge in [-0.05, 0) is 46.8 Å². The predicted octanol–water partition coefficient (Wildman–Crippen LogP) is 3.11. The van der Waals surface area contributed by atoms with Crippen molar-refractivity contribution in [3.8, 4) is 0 Å². The topological polar surface area (TPSA) is 63.7 Å². The molecule has 2 heterocycles. The lowest BCUT2D eigenvalue weighted by Crippen LogP contribution is -2.42. The van der Waals surface area contributed by atoms with Gasteiger partial charge in [-0.1, -0.05) is 0 Å². The molecule has 0 spiro atoms. The molecule has 0 saturated carbocycles. The zero-order chi connectivity index (χ0) is 14.9. The van der Waals surface area contributed by atoms with E-state index in [1.165, 1.54) is 25.4 Å². The molecular weight excluding hydrogens is 366 g/mol. The van der Waals surface area contributed by atoms with Gasteiger partial charge in [-0.3, -0.25) is 14.5 Å². The number of ether oxygens (including phenoxy) is 1. The highest BCUT2D eigenvalue weighted by atomic mass is 79.9. The van der Waals surface area contributed by atoms with E-state index >= 15 is 0 Å². The third-order valence-electron chi connectivity index (χ3n) is 2.61. The van der Waals surface area contributed by atoms with Crippen LogP contribution in [0.15, 0.2) is 20.8 Å². The first kappa shape index (κ1) is 15.3. The first-order chi connectivity index (χ1) is 9.43. The highest BCUT2D eigenvalue weighted by Gasteiger charge is 2.41. The fourth-order valence-electron chi connectivity index (χ4n) is 1.62. The number of methoxy groups -OCH3 is 1. The number of carbonyl (C=O) groups is 3. The summed E-state index contributed by atoms with van der Waals surface area (Å²) in [6.45, 7) is 1.47. The Morgan fingerprint density at radius 3 is 2.75 bits per heavy atom. The van der Waals surface area contributed by atoms with Crippen LogP contribution in [0.2, 0.25) is 0 Å². The van der Waals surface area contributed by atoms with Crippen molar-refractivity contribution < 1.29 is 19.1 Å². The maximum atomic E-state index is 12.2. The van der Waals surface area contributed by atoms with Crippen LogP contribution >= 0.6 is 39.0 Å². The fourth-order valence-corrected chi connectivity index (χ4v) is 3.97. The number of imide groups is 1. The standard InChI is InChI=1S/C12H10BrNO4S2/c1-6(11(16)18-2)14-10(15)9(20-12(14)17)4-8-3-7(13)5-19-8/h3-6H,1-2H3/t6-/m1/s1. The third-order valence-corrected chi connectivity index (χ3v) is 5.14. The Bertz CT molecular complexity index is 610. The number of hydrogen-bond acceptors (Lipinski definition) is 6. The number of esters is 1. The number of thioether (sulfide) groups is 1. The SMILES string of the molecule is COC(=O)[C@@H](C)N1C(=O)SC(=Cc2cc(Br)cs2)C1=O. The Hall–Kier alpha value is -1.12. The lowest BCUT2D eigenvalue weighted by Gasteiger charge is -2.18. The van der Waals surface area contributed by atoms with Crippen LogP contribution in [0.1, 0.15) is 11.8 Å². The number of amides is 2. The maximum Gasteiger partial charge on any atom is 0.328 e. The van der Waals surface area contributed by atoms with Crippen LogP contribution in [-0.4, -0.2) is 35.2 Å². The predicted molar refractivity (Wildman–Crippen MR) is 81.3 cm³/mol. The van der Waals surface area contributed by atoms with Gasteiger partial charge in [0.2, 0.25) is 0 Å². The average molecular weight is 376 g/mol. The normalized spacial score (nSPS) is 18.8. The van der Waals surface area contributed by atoms with Gasteiger partial charge in [-0.25, -0.2) is 4.79 Å². The minimum absolute atomic E-state index is 0.306. The van der Waals surface area contributed by atoms with E-state index in [0.717, 1.165) is 26.0 Å². The number of hydrogen-bond donors (Lipinski definition) is 0. The molecule has 0 aromatic carbocycles. The van der Waals surface area contributed by atoms with Gasteiger partial charge in [0.1, 0.15) is 6.04 Å². The van der Waals surface area contributed by atoms with Crippen LogP contribution in [0.4, 0.5) is 4.79 Å². The van der Waals surface area contributed by atoms with Gasteiger partial charge < -0.3 is 4.74 Å². The summed E-state index contributed by atoms with van der Waals surface area (Å²) in [5.41, 5.74) is 0. The van der Waals surface area contributed by atoms with Gasteiger partial charge in [-0.2, -0.15) is 0 Å². The molecule has 20 heavy (non-hydrogen) atoms. The van der Waals surface area contributed by atoms with Crippen LogP contribution < -0.4 is 0 Å². The van der Waals surface area contributed by atoms with Gasteiger partial charge in [-0.15, -0.1) is 11.3 Å². The first-order valence-electron chi connectivity index (χ1n) is 5.53. The number of nitrogens with zero attached hydrogens (tertiary/aromatic N) is 1. The number of rotatable bonds is 3. The molecule has 8 heteroatoms. The molecule has 1 fully saturated rings. The molecule has 1 aromatic heterocycles. The average Bonchev–Trinajstić information content (AvgIpc) is 2.93. The van der Waals surface area contributed by atoms with Gasteiger partial charge in [0.15, 0.2) is 0 Å². The highest BCUT2D eigenvalue weighted by Crippen LogP contribution is 2.35. The lowest BCUT2D eigenvalue weighted by molar-refractivity contribution is -0.148. The number of halogens is 1. The number of carbonyl (C=O) groups excluding carboxylic acids is 3. The summed E-state index contributed by atoms with van der Waals surface area (Å²) in [7, 11) is 1.22. The maximum absolute atomic E-state index is 12.2. The molecule has 106 valence electrons. The molecule has 5 nitrogen and oxygen atoms in total. The Kier molecular flexibility index (Phi) is 4.66. The zero-order valence-electron chi connectivity index (χ0n) is 10.6. The van der Waals surface area contributed by atoms with E-state index in [4.69, 9.17) is 0 Å². The summed E-state index contributed by atoms with van der Waals surface area (Å²) in [6, 6.07) is 0.927. The van der Waals surface area contributed by atoms with E-state index in [0.29, 0.717) is 4.91 Å². The van der Waals surface area contributed by atoms with Crippen LogP contribution in [0.5, 0.6) is 0 Å². The minimum atomic E-state index is -0.923. The second-order valence-electron chi connectivity index (χ2n) is 3.92. The van der Waals surface area contributed by atoms with E-state index in [1.807, 2.05) is 11.4 Å². The molecular formula is C12H10BrNO4S2. The van der Waals surface area contributed by atoms with Crippen molar-refractivity contribution in [3.05, 3.63) is 25.7 Å². The molecule has 0 unspecified atom stereocenters. The fraction of sp³-hybridized carbons (Fsp3) is 0.250. The van der Waals surface area contributed by atoms with E-state index in [2.05, 4.69) is 20.7 Å². The zero-order valence-corrected chi connectivity index (χ0v) is 13.8. The Morgan fingerprint density at radius 1 is 1.50 bits per heavy atom. The smallest absolute Gasteiger partial charge is 0.328 e. The van der Waals surface area contributed by atoms with Crippen molar-refractivity contribution in [2.45, 2.75) is 13.0 Å². The van der Waals surface area contributed by atoms with Crippen molar-refractivity contribution in [1.82, 2.24) is 4.90 Å². The van der Waals surface area contributed by atoms with Crippen LogP contribution in [0.3, 0.4) is 0 Å². The van der Waals surface area contributed by atoms with Crippen molar-refractivity contribution in [1.29, 1.82) is 0 Å². The molecule has 0 bridgehead atoms. The van der Waals surface area contributed by atoms with Gasteiger partial charge in [0, 0.05) is 14.7 Å². The van der Waals surface area contributed by atoms with Crippen molar-refractivity contribution in [2.75, 3.05) is 7.11 Å². The molecule has 0 aliphatic carbocycles. The second kappa shape index (κ2) is 6.11.